The Hall–Kier alpha value is -0.670. The molecule has 0 aromatic rings. The fourth-order valence-electron chi connectivity index (χ4n) is 0.714. The first-order valence-corrected chi connectivity index (χ1v) is 3.17. The minimum Gasteiger partial charge on any atom is -1.00 e. The molecule has 0 fully saturated rings. The van der Waals surface area contributed by atoms with Crippen LogP contribution < -0.4 is 29.6 Å². The van der Waals surface area contributed by atoms with Crippen LogP contribution in [-0.4, -0.2) is 49.4 Å². The van der Waals surface area contributed by atoms with Crippen molar-refractivity contribution in [3.8, 4) is 0 Å². The number of carboxylic acid groups (broad SMARTS) is 3. The predicted molar refractivity (Wildman–Crippen MR) is 41.8 cm³/mol. The maximum Gasteiger partial charge on any atom is 1.00 e. The van der Waals surface area contributed by atoms with Crippen LogP contribution in [0.4, 0.5) is 0 Å². The van der Waals surface area contributed by atoms with E-state index in [1.54, 1.807) is 0 Å². The van der Waals surface area contributed by atoms with Gasteiger partial charge in [-0.2, -0.15) is 0 Å². The quantitative estimate of drug-likeness (QED) is 0.346. The number of carbonyl (C=O) groups is 3. The van der Waals surface area contributed by atoms with Gasteiger partial charge < -0.3 is 27.3 Å². The minimum absolute atomic E-state index is 0. The standard InChI is InChI=1S/C6H8O7.Na.H2O.H/c7-3(8)1-6(13,5(11)12)2-4(9)10;;;/h13H,1-2H2,(H,7,8)(H,9,10)(H,11,12);;1H2;/q;+1;;-1. The third-order valence-corrected chi connectivity index (χ3v) is 1.29. The molecule has 0 amide bonds. The zero-order valence-electron chi connectivity index (χ0n) is 8.93. The van der Waals surface area contributed by atoms with Gasteiger partial charge in [-0.15, -0.1) is 0 Å². The van der Waals surface area contributed by atoms with Gasteiger partial charge in [0, 0.05) is 0 Å². The van der Waals surface area contributed by atoms with Crippen LogP contribution in [0.2, 0.25) is 0 Å². The first-order valence-electron chi connectivity index (χ1n) is 3.17. The number of hydrogen-bond acceptors (Lipinski definition) is 4. The van der Waals surface area contributed by atoms with Crippen LogP contribution in [0, 0.1) is 0 Å². The molecule has 0 atom stereocenters. The molecule has 0 aliphatic heterocycles. The molecule has 0 spiro atoms. The summed E-state index contributed by atoms with van der Waals surface area (Å²) in [6, 6.07) is 0. The zero-order chi connectivity index (χ0) is 10.6. The molecule has 0 aliphatic carbocycles. The molecular weight excluding hydrogens is 223 g/mol. The van der Waals surface area contributed by atoms with Gasteiger partial charge in [0.15, 0.2) is 5.60 Å². The average Bonchev–Trinajstić information content (AvgIpc) is 1.82. The number of hydrogen-bond donors (Lipinski definition) is 4. The maximum absolute atomic E-state index is 10.3. The molecule has 0 aromatic heterocycles. The van der Waals surface area contributed by atoms with Gasteiger partial charge in [-0.05, 0) is 0 Å². The topological polar surface area (TPSA) is 164 Å². The minimum atomic E-state index is -2.74. The van der Waals surface area contributed by atoms with Crippen LogP contribution in [-0.2, 0) is 14.4 Å². The van der Waals surface area contributed by atoms with E-state index in [4.69, 9.17) is 20.4 Å². The second kappa shape index (κ2) is 7.60. The van der Waals surface area contributed by atoms with Gasteiger partial charge in [0.2, 0.25) is 0 Å². The Labute approximate surface area is 108 Å². The van der Waals surface area contributed by atoms with Gasteiger partial charge >= 0.3 is 47.5 Å². The summed E-state index contributed by atoms with van der Waals surface area (Å²) in [4.78, 5) is 30.5. The third-order valence-electron chi connectivity index (χ3n) is 1.29. The summed E-state index contributed by atoms with van der Waals surface area (Å²) in [5.74, 6) is -5.02. The average molecular weight is 234 g/mol. The van der Waals surface area contributed by atoms with E-state index in [0.29, 0.717) is 0 Å². The Morgan fingerprint density at radius 1 is 1.00 bits per heavy atom. The first-order chi connectivity index (χ1) is 5.78. The summed E-state index contributed by atoms with van der Waals surface area (Å²) in [5.41, 5.74) is -2.74. The molecule has 0 radical (unpaired) electrons. The Morgan fingerprint density at radius 2 is 1.27 bits per heavy atom. The van der Waals surface area contributed by atoms with Crippen LogP contribution in [0.3, 0.4) is 0 Å². The molecule has 0 rings (SSSR count). The van der Waals surface area contributed by atoms with Crippen molar-refractivity contribution < 1.29 is 71.3 Å². The number of rotatable bonds is 5. The third kappa shape index (κ3) is 7.28. The molecule has 0 aliphatic rings. The van der Waals surface area contributed by atoms with E-state index in [0.717, 1.165) is 0 Å². The monoisotopic (exact) mass is 234 g/mol. The summed E-state index contributed by atoms with van der Waals surface area (Å²) in [5, 5.41) is 33.8. The van der Waals surface area contributed by atoms with Gasteiger partial charge in [0.1, 0.15) is 0 Å². The molecule has 0 saturated carbocycles. The van der Waals surface area contributed by atoms with Crippen LogP contribution in [0.1, 0.15) is 14.3 Å². The molecule has 15 heavy (non-hydrogen) atoms. The second-order valence-corrected chi connectivity index (χ2v) is 2.48. The molecule has 0 aromatic carbocycles. The van der Waals surface area contributed by atoms with Crippen molar-refractivity contribution in [3.63, 3.8) is 0 Å². The van der Waals surface area contributed by atoms with Crippen molar-refractivity contribution in [2.75, 3.05) is 0 Å². The van der Waals surface area contributed by atoms with E-state index in [-0.39, 0.29) is 36.5 Å². The van der Waals surface area contributed by atoms with Crippen molar-refractivity contribution in [2.24, 2.45) is 0 Å². The van der Waals surface area contributed by atoms with Crippen LogP contribution >= 0.6 is 0 Å². The van der Waals surface area contributed by atoms with Crippen molar-refractivity contribution in [1.29, 1.82) is 0 Å². The fourth-order valence-corrected chi connectivity index (χ4v) is 0.714. The Kier molecular flexibility index (Phi) is 10.0. The van der Waals surface area contributed by atoms with Crippen molar-refractivity contribution in [1.82, 2.24) is 0 Å². The van der Waals surface area contributed by atoms with E-state index in [1.165, 1.54) is 0 Å². The van der Waals surface area contributed by atoms with Crippen molar-refractivity contribution in [3.05, 3.63) is 0 Å². The molecule has 0 bridgehead atoms. The van der Waals surface area contributed by atoms with Crippen LogP contribution in [0.15, 0.2) is 0 Å². The Bertz CT molecular complexity index is 239. The summed E-state index contributed by atoms with van der Waals surface area (Å²) in [6.07, 6.45) is -2.29. The van der Waals surface area contributed by atoms with Crippen LogP contribution in [0.25, 0.3) is 0 Å². The van der Waals surface area contributed by atoms with Gasteiger partial charge in [0.25, 0.3) is 0 Å². The number of aliphatic hydroxyl groups is 1. The van der Waals surface area contributed by atoms with E-state index in [9.17, 15) is 14.4 Å². The SMILES string of the molecule is O.O=C(O)CC(O)(CC(=O)O)C(=O)O.[H-].[Na+]. The largest absolute Gasteiger partial charge is 1.00 e. The van der Waals surface area contributed by atoms with Gasteiger partial charge in [-0.25, -0.2) is 4.79 Å². The fraction of sp³-hybridized carbons (Fsp3) is 0.500. The number of aliphatic carboxylic acids is 3. The van der Waals surface area contributed by atoms with Gasteiger partial charge in [-0.3, -0.25) is 9.59 Å². The summed E-state index contributed by atoms with van der Waals surface area (Å²) < 4.78 is 0. The van der Waals surface area contributed by atoms with Crippen molar-refractivity contribution in [2.45, 2.75) is 18.4 Å². The summed E-state index contributed by atoms with van der Waals surface area (Å²) in [6.45, 7) is 0. The molecule has 8 nitrogen and oxygen atoms in total. The maximum atomic E-state index is 10.3. The van der Waals surface area contributed by atoms with Crippen LogP contribution in [0.5, 0.6) is 0 Å². The Balaban J connectivity index is -0.000000240. The molecule has 9 heteroatoms. The normalized spacial score (nSPS) is 9.40. The molecule has 84 valence electrons. The van der Waals surface area contributed by atoms with E-state index in [2.05, 4.69) is 0 Å². The van der Waals surface area contributed by atoms with Gasteiger partial charge in [0.05, 0.1) is 12.8 Å². The molecule has 0 unspecified atom stereocenters. The van der Waals surface area contributed by atoms with E-state index in [1.807, 2.05) is 0 Å². The molecule has 6 N–H and O–H groups in total. The first kappa shape index (κ1) is 19.8. The molecule has 0 heterocycles. The Morgan fingerprint density at radius 3 is 1.40 bits per heavy atom. The molecule has 0 saturated heterocycles. The van der Waals surface area contributed by atoms with Gasteiger partial charge in [-0.1, -0.05) is 0 Å². The predicted octanol–water partition coefficient (Wildman–Crippen LogP) is -4.96. The van der Waals surface area contributed by atoms with Crippen molar-refractivity contribution >= 4 is 17.9 Å². The smallest absolute Gasteiger partial charge is 1.00 e. The second-order valence-electron chi connectivity index (χ2n) is 2.48. The number of carboxylic acids is 3. The molecular formula is C6H11NaO8. The van der Waals surface area contributed by atoms with E-state index >= 15 is 0 Å². The zero-order valence-corrected chi connectivity index (χ0v) is 9.93. The summed E-state index contributed by atoms with van der Waals surface area (Å²) >= 11 is 0. The summed E-state index contributed by atoms with van der Waals surface area (Å²) in [7, 11) is 0. The van der Waals surface area contributed by atoms with E-state index < -0.39 is 36.4 Å².